The number of fused-ring (bicyclic) bond motifs is 1. The maximum atomic E-state index is 12.7. The van der Waals surface area contributed by atoms with Crippen LogP contribution in [0.3, 0.4) is 0 Å². The molecule has 0 saturated heterocycles. The summed E-state index contributed by atoms with van der Waals surface area (Å²) in [7, 11) is -6.21. The first-order valence-electron chi connectivity index (χ1n) is 8.68. The Morgan fingerprint density at radius 1 is 0.871 bits per heavy atom. The number of benzene rings is 2. The number of sulfonamides is 2. The van der Waals surface area contributed by atoms with E-state index in [1.807, 2.05) is 0 Å². The van der Waals surface area contributed by atoms with Gasteiger partial charge in [-0.3, -0.25) is 13.5 Å². The molecule has 0 saturated carbocycles. The molecule has 0 radical (unpaired) electrons. The third-order valence-corrected chi connectivity index (χ3v) is 7.84. The molecule has 2 N–H and O–H groups in total. The average Bonchev–Trinajstić information content (AvgIpc) is 3.02. The van der Waals surface area contributed by atoms with Crippen LogP contribution < -0.4 is 14.2 Å². The molecule has 0 aliphatic heterocycles. The molecule has 0 aliphatic carbocycles. The summed E-state index contributed by atoms with van der Waals surface area (Å²) in [5.74, 6) is -0.0813. The van der Waals surface area contributed by atoms with Crippen molar-refractivity contribution in [1.82, 2.24) is 13.9 Å². The second-order valence-electron chi connectivity index (χ2n) is 6.36. The molecule has 4 rings (SSSR count). The summed E-state index contributed by atoms with van der Waals surface area (Å²) < 4.78 is 56.3. The van der Waals surface area contributed by atoms with Crippen LogP contribution in [0.2, 0.25) is 0 Å². The first-order valence-corrected chi connectivity index (χ1v) is 12.4. The van der Waals surface area contributed by atoms with Crippen molar-refractivity contribution in [3.63, 3.8) is 0 Å². The van der Waals surface area contributed by atoms with Gasteiger partial charge < -0.3 is 0 Å². The quantitative estimate of drug-likeness (QED) is 0.433. The van der Waals surface area contributed by atoms with Crippen LogP contribution in [0.15, 0.2) is 75.5 Å². The standard InChI is InChI=1S/C18H15N5O5S3/c1-23-16-8-7-14(11-15(16)17(24)29-23)31(27,28)21-12-3-5-13(6-4-12)30(25,26)22-18-19-9-2-10-20-18/h2-11,21H,1H3,(H,19,20,22). The highest BCUT2D eigenvalue weighted by Gasteiger charge is 2.19. The average molecular weight is 478 g/mol. The summed E-state index contributed by atoms with van der Waals surface area (Å²) >= 11 is 0.984. The lowest BCUT2D eigenvalue weighted by atomic mass is 10.2. The highest BCUT2D eigenvalue weighted by molar-refractivity contribution is 7.93. The Balaban J connectivity index is 1.57. The first-order chi connectivity index (χ1) is 14.7. The first kappa shape index (κ1) is 21.0. The monoisotopic (exact) mass is 477 g/mol. The fourth-order valence-corrected chi connectivity index (χ4v) is 5.60. The molecule has 0 atom stereocenters. The minimum absolute atomic E-state index is 0.0740. The summed E-state index contributed by atoms with van der Waals surface area (Å²) in [6.45, 7) is 0. The van der Waals surface area contributed by atoms with E-state index in [2.05, 4.69) is 19.4 Å². The molecule has 4 aromatic rings. The van der Waals surface area contributed by atoms with Crippen LogP contribution in [0, 0.1) is 0 Å². The van der Waals surface area contributed by atoms with Crippen LogP contribution in [-0.2, 0) is 27.1 Å². The second kappa shape index (κ2) is 7.76. The van der Waals surface area contributed by atoms with Gasteiger partial charge in [-0.2, -0.15) is 0 Å². The summed E-state index contributed by atoms with van der Waals surface area (Å²) in [5.41, 5.74) is 0.798. The summed E-state index contributed by atoms with van der Waals surface area (Å²) in [5, 5.41) is 0.311. The molecule has 10 nitrogen and oxygen atoms in total. The largest absolute Gasteiger partial charge is 0.297 e. The van der Waals surface area contributed by atoms with Gasteiger partial charge in [0.1, 0.15) is 0 Å². The van der Waals surface area contributed by atoms with Gasteiger partial charge in [-0.15, -0.1) is 0 Å². The van der Waals surface area contributed by atoms with Gasteiger partial charge in [0, 0.05) is 25.1 Å². The van der Waals surface area contributed by atoms with Crippen molar-refractivity contribution in [2.24, 2.45) is 7.05 Å². The molecule has 2 aromatic heterocycles. The lowest BCUT2D eigenvalue weighted by Gasteiger charge is -2.10. The smallest absolute Gasteiger partial charge is 0.264 e. The van der Waals surface area contributed by atoms with Crippen molar-refractivity contribution in [2.75, 3.05) is 9.44 Å². The van der Waals surface area contributed by atoms with Gasteiger partial charge in [0.05, 0.1) is 20.7 Å². The predicted molar refractivity (Wildman–Crippen MR) is 117 cm³/mol. The Labute approximate surface area is 181 Å². The zero-order chi connectivity index (χ0) is 22.2. The van der Waals surface area contributed by atoms with E-state index >= 15 is 0 Å². The second-order valence-corrected chi connectivity index (χ2v) is 10.8. The molecule has 0 spiro atoms. The van der Waals surface area contributed by atoms with Crippen LogP contribution in [0.4, 0.5) is 11.6 Å². The van der Waals surface area contributed by atoms with Crippen LogP contribution in [0.1, 0.15) is 0 Å². The number of nitrogens with zero attached hydrogens (tertiary/aromatic N) is 3. The number of rotatable bonds is 6. The minimum atomic E-state index is -3.99. The van der Waals surface area contributed by atoms with Gasteiger partial charge in [-0.05, 0) is 60.1 Å². The molecule has 31 heavy (non-hydrogen) atoms. The normalized spacial score (nSPS) is 12.0. The SMILES string of the molecule is Cn1sc(=O)c2cc(S(=O)(=O)Nc3ccc(S(=O)(=O)Nc4ncccn4)cc3)ccc21. The van der Waals surface area contributed by atoms with E-state index < -0.39 is 20.0 Å². The zero-order valence-corrected chi connectivity index (χ0v) is 18.3. The molecule has 2 heterocycles. The maximum Gasteiger partial charge on any atom is 0.264 e. The zero-order valence-electron chi connectivity index (χ0n) is 15.9. The van der Waals surface area contributed by atoms with Gasteiger partial charge >= 0.3 is 0 Å². The van der Waals surface area contributed by atoms with Gasteiger partial charge in [0.25, 0.3) is 24.8 Å². The Kier molecular flexibility index (Phi) is 5.24. The van der Waals surface area contributed by atoms with E-state index in [0.29, 0.717) is 10.9 Å². The molecular weight excluding hydrogens is 462 g/mol. The molecule has 0 bridgehead atoms. The van der Waals surface area contributed by atoms with Gasteiger partial charge in [0.15, 0.2) is 0 Å². The number of aromatic nitrogens is 3. The van der Waals surface area contributed by atoms with Gasteiger partial charge in [-0.1, -0.05) is 0 Å². The molecule has 13 heteroatoms. The van der Waals surface area contributed by atoms with E-state index in [1.54, 1.807) is 23.1 Å². The van der Waals surface area contributed by atoms with Crippen molar-refractivity contribution < 1.29 is 16.8 Å². The highest BCUT2D eigenvalue weighted by Crippen LogP contribution is 2.22. The van der Waals surface area contributed by atoms with E-state index in [4.69, 9.17) is 0 Å². The Morgan fingerprint density at radius 3 is 2.16 bits per heavy atom. The van der Waals surface area contributed by atoms with Gasteiger partial charge in [0.2, 0.25) is 5.95 Å². The summed E-state index contributed by atoms with van der Waals surface area (Å²) in [4.78, 5) is 19.4. The number of nitrogens with one attached hydrogen (secondary N) is 2. The number of hydrogen-bond acceptors (Lipinski definition) is 8. The minimum Gasteiger partial charge on any atom is -0.297 e. The van der Waals surface area contributed by atoms with E-state index in [-0.39, 0.29) is 26.2 Å². The van der Waals surface area contributed by atoms with Crippen molar-refractivity contribution >= 4 is 54.1 Å². The number of aryl methyl sites for hydroxylation is 1. The topological polar surface area (TPSA) is 140 Å². The van der Waals surface area contributed by atoms with Crippen molar-refractivity contribution in [3.05, 3.63) is 70.5 Å². The van der Waals surface area contributed by atoms with Crippen LogP contribution in [0.25, 0.3) is 10.9 Å². The Morgan fingerprint density at radius 2 is 1.48 bits per heavy atom. The lowest BCUT2D eigenvalue weighted by molar-refractivity contribution is 0.600. The van der Waals surface area contributed by atoms with E-state index in [0.717, 1.165) is 11.5 Å². The predicted octanol–water partition coefficient (Wildman–Crippen LogP) is 1.99. The van der Waals surface area contributed by atoms with Crippen LogP contribution >= 0.6 is 11.5 Å². The fourth-order valence-electron chi connectivity index (χ4n) is 2.79. The number of hydrogen-bond donors (Lipinski definition) is 2. The van der Waals surface area contributed by atoms with E-state index in [9.17, 15) is 21.6 Å². The lowest BCUT2D eigenvalue weighted by Crippen LogP contribution is -2.15. The summed E-state index contributed by atoms with van der Waals surface area (Å²) in [6.07, 6.45) is 2.79. The van der Waals surface area contributed by atoms with Crippen molar-refractivity contribution in [3.8, 4) is 0 Å². The highest BCUT2D eigenvalue weighted by atomic mass is 32.2. The van der Waals surface area contributed by atoms with Crippen LogP contribution in [0.5, 0.6) is 0 Å². The third-order valence-electron chi connectivity index (χ3n) is 4.27. The van der Waals surface area contributed by atoms with E-state index in [1.165, 1.54) is 48.8 Å². The molecular formula is C18H15N5O5S3. The third kappa shape index (κ3) is 4.28. The van der Waals surface area contributed by atoms with Crippen molar-refractivity contribution in [1.29, 1.82) is 0 Å². The van der Waals surface area contributed by atoms with Crippen LogP contribution in [-0.4, -0.2) is 30.8 Å². The van der Waals surface area contributed by atoms with Gasteiger partial charge in [-0.25, -0.2) is 31.5 Å². The summed E-state index contributed by atoms with van der Waals surface area (Å²) in [6, 6.07) is 11.0. The molecule has 160 valence electrons. The molecule has 0 fully saturated rings. The molecule has 2 aromatic carbocycles. The molecule has 0 unspecified atom stereocenters. The fraction of sp³-hybridized carbons (Fsp3) is 0.0556. The molecule has 0 aliphatic rings. The van der Waals surface area contributed by atoms with Crippen molar-refractivity contribution in [2.45, 2.75) is 9.79 Å². The maximum absolute atomic E-state index is 12.7. The molecule has 0 amide bonds. The Hall–Kier alpha value is -3.29. The Bertz CT molecular complexity index is 1530. The number of anilines is 2.